The van der Waals surface area contributed by atoms with Gasteiger partial charge in [0.05, 0.1) is 10.7 Å². The van der Waals surface area contributed by atoms with E-state index < -0.39 is 35.6 Å². The van der Waals surface area contributed by atoms with E-state index in [4.69, 9.17) is 16.3 Å². The number of carbonyl (C=O) groups excluding carboxylic acids is 3. The van der Waals surface area contributed by atoms with Gasteiger partial charge in [0, 0.05) is 12.1 Å². The topological polar surface area (TPSA) is 108 Å². The Balaban J connectivity index is 2.58. The second-order valence-electron chi connectivity index (χ2n) is 12.2. The second kappa shape index (κ2) is 16.4. The number of amides is 3. The number of hydrogen-bond donors (Lipinski definition) is 3. The van der Waals surface area contributed by atoms with Gasteiger partial charge in [0.2, 0.25) is 5.91 Å². The predicted octanol–water partition coefficient (Wildman–Crippen LogP) is 7.77. The Morgan fingerprint density at radius 1 is 1.00 bits per heavy atom. The summed E-state index contributed by atoms with van der Waals surface area (Å²) in [4.78, 5) is 42.8. The lowest BCUT2D eigenvalue weighted by Gasteiger charge is -2.35. The van der Waals surface area contributed by atoms with Crippen LogP contribution in [0.15, 0.2) is 42.5 Å². The fourth-order valence-electron chi connectivity index (χ4n) is 4.75. The average Bonchev–Trinajstić information content (AvgIpc) is 2.88. The van der Waals surface area contributed by atoms with Gasteiger partial charge in [-0.3, -0.25) is 9.59 Å². The first kappa shape index (κ1) is 34.9. The number of para-hydroxylation sites is 2. The van der Waals surface area contributed by atoms with Crippen LogP contribution in [0.4, 0.5) is 10.5 Å². The number of benzene rings is 2. The van der Waals surface area contributed by atoms with Crippen LogP contribution < -0.4 is 10.6 Å². The number of hydrogen-bond acceptors (Lipinski definition) is 5. The Kier molecular flexibility index (Phi) is 13.6. The molecule has 0 aliphatic carbocycles. The van der Waals surface area contributed by atoms with Crippen molar-refractivity contribution in [1.29, 1.82) is 0 Å². The molecule has 2 unspecified atom stereocenters. The van der Waals surface area contributed by atoms with Crippen LogP contribution in [-0.4, -0.2) is 46.1 Å². The number of nitrogens with zero attached hydrogens (tertiary/aromatic N) is 1. The lowest BCUT2D eigenvalue weighted by Crippen LogP contribution is -2.53. The SMILES string of the molecule is CCCCCCCN(C(=O)C(CC(C)C)NC(=O)OC(C)(C)C)C(C(=O)Nc1c(C)cccc1Cl)c1ccccc1O. The van der Waals surface area contributed by atoms with Gasteiger partial charge >= 0.3 is 6.09 Å². The maximum Gasteiger partial charge on any atom is 0.408 e. The summed E-state index contributed by atoms with van der Waals surface area (Å²) in [5, 5.41) is 16.9. The molecule has 0 fully saturated rings. The monoisotopic (exact) mass is 601 g/mol. The molecule has 2 aromatic carbocycles. The highest BCUT2D eigenvalue weighted by Crippen LogP contribution is 2.33. The van der Waals surface area contributed by atoms with Gasteiger partial charge in [-0.2, -0.15) is 0 Å². The zero-order valence-electron chi connectivity index (χ0n) is 26.1. The Labute approximate surface area is 256 Å². The fraction of sp³-hybridized carbons (Fsp3) is 0.545. The normalized spacial score (nSPS) is 12.9. The van der Waals surface area contributed by atoms with Crippen LogP contribution in [0.2, 0.25) is 5.02 Å². The Morgan fingerprint density at radius 2 is 1.67 bits per heavy atom. The second-order valence-corrected chi connectivity index (χ2v) is 12.6. The highest BCUT2D eigenvalue weighted by molar-refractivity contribution is 6.34. The van der Waals surface area contributed by atoms with Crippen LogP contribution in [0, 0.1) is 12.8 Å². The molecule has 0 aliphatic heterocycles. The third-order valence-electron chi connectivity index (χ3n) is 6.74. The molecule has 2 rings (SSSR count). The molecule has 0 aromatic heterocycles. The third kappa shape index (κ3) is 10.9. The molecule has 0 bridgehead atoms. The predicted molar refractivity (Wildman–Crippen MR) is 169 cm³/mol. The maximum absolute atomic E-state index is 14.4. The third-order valence-corrected chi connectivity index (χ3v) is 7.06. The van der Waals surface area contributed by atoms with E-state index in [1.165, 1.54) is 11.0 Å². The van der Waals surface area contributed by atoms with Gasteiger partial charge in [-0.05, 0) is 64.2 Å². The van der Waals surface area contributed by atoms with Gasteiger partial charge in [0.15, 0.2) is 0 Å². The highest BCUT2D eigenvalue weighted by atomic mass is 35.5. The first-order valence-corrected chi connectivity index (χ1v) is 15.3. The molecule has 0 heterocycles. The minimum absolute atomic E-state index is 0.0588. The van der Waals surface area contributed by atoms with Crippen molar-refractivity contribution < 1.29 is 24.2 Å². The van der Waals surface area contributed by atoms with Crippen molar-refractivity contribution >= 4 is 35.2 Å². The lowest BCUT2D eigenvalue weighted by molar-refractivity contribution is -0.141. The lowest BCUT2D eigenvalue weighted by atomic mass is 9.98. The van der Waals surface area contributed by atoms with Crippen LogP contribution in [0.5, 0.6) is 5.75 Å². The molecule has 0 saturated carbocycles. The van der Waals surface area contributed by atoms with Crippen LogP contribution in [0.3, 0.4) is 0 Å². The molecule has 8 nitrogen and oxygen atoms in total. The van der Waals surface area contributed by atoms with E-state index in [1.807, 2.05) is 26.8 Å². The molecular formula is C33H48ClN3O5. The van der Waals surface area contributed by atoms with Gasteiger partial charge in [0.25, 0.3) is 5.91 Å². The number of aromatic hydroxyl groups is 1. The summed E-state index contributed by atoms with van der Waals surface area (Å²) in [6, 6.07) is 9.67. The average molecular weight is 602 g/mol. The Bertz CT molecular complexity index is 1170. The molecule has 9 heteroatoms. The van der Waals surface area contributed by atoms with E-state index in [1.54, 1.807) is 51.1 Å². The summed E-state index contributed by atoms with van der Waals surface area (Å²) in [5.41, 5.74) is 0.723. The number of ether oxygens (including phenoxy) is 1. The van der Waals surface area contributed by atoms with Crippen molar-refractivity contribution in [3.05, 3.63) is 58.6 Å². The molecule has 3 amide bonds. The van der Waals surface area contributed by atoms with Gasteiger partial charge < -0.3 is 25.4 Å². The molecule has 0 radical (unpaired) electrons. The van der Waals surface area contributed by atoms with E-state index in [0.29, 0.717) is 23.6 Å². The van der Waals surface area contributed by atoms with E-state index in [9.17, 15) is 19.5 Å². The number of phenols is 1. The molecule has 2 atom stereocenters. The molecule has 2 aromatic rings. The summed E-state index contributed by atoms with van der Waals surface area (Å²) in [5.74, 6) is -0.999. The fourth-order valence-corrected chi connectivity index (χ4v) is 5.02. The molecule has 0 spiro atoms. The minimum Gasteiger partial charge on any atom is -0.508 e. The summed E-state index contributed by atoms with van der Waals surface area (Å²) in [7, 11) is 0. The minimum atomic E-state index is -1.18. The van der Waals surface area contributed by atoms with E-state index in [-0.39, 0.29) is 23.8 Å². The van der Waals surface area contributed by atoms with E-state index in [2.05, 4.69) is 17.6 Å². The zero-order valence-corrected chi connectivity index (χ0v) is 26.9. The van der Waals surface area contributed by atoms with E-state index in [0.717, 1.165) is 31.2 Å². The number of phenolic OH excluding ortho intramolecular Hbond substituents is 1. The van der Waals surface area contributed by atoms with Crippen molar-refractivity contribution in [2.75, 3.05) is 11.9 Å². The molecule has 3 N–H and O–H groups in total. The van der Waals surface area contributed by atoms with Crippen LogP contribution in [0.1, 0.15) is 97.2 Å². The first-order chi connectivity index (χ1) is 19.7. The van der Waals surface area contributed by atoms with Crippen LogP contribution in [-0.2, 0) is 14.3 Å². The number of unbranched alkanes of at least 4 members (excludes halogenated alkanes) is 4. The van der Waals surface area contributed by atoms with Crippen molar-refractivity contribution in [1.82, 2.24) is 10.2 Å². The zero-order chi connectivity index (χ0) is 31.4. The van der Waals surface area contributed by atoms with Crippen molar-refractivity contribution in [2.24, 2.45) is 5.92 Å². The number of anilines is 1. The van der Waals surface area contributed by atoms with Crippen LogP contribution >= 0.6 is 11.6 Å². The summed E-state index contributed by atoms with van der Waals surface area (Å²) < 4.78 is 5.47. The van der Waals surface area contributed by atoms with Gasteiger partial charge in [-0.25, -0.2) is 4.79 Å². The smallest absolute Gasteiger partial charge is 0.408 e. The van der Waals surface area contributed by atoms with Crippen molar-refractivity contribution in [3.8, 4) is 5.75 Å². The maximum atomic E-state index is 14.4. The van der Waals surface area contributed by atoms with Gasteiger partial charge in [-0.15, -0.1) is 0 Å². The quantitative estimate of drug-likeness (QED) is 0.192. The summed E-state index contributed by atoms with van der Waals surface area (Å²) in [6.45, 7) is 13.4. The van der Waals surface area contributed by atoms with Crippen LogP contribution in [0.25, 0.3) is 0 Å². The van der Waals surface area contributed by atoms with Gasteiger partial charge in [-0.1, -0.05) is 88.4 Å². The molecule has 0 aliphatic rings. The summed E-state index contributed by atoms with van der Waals surface area (Å²) in [6.07, 6.45) is 4.28. The molecule has 42 heavy (non-hydrogen) atoms. The largest absolute Gasteiger partial charge is 0.508 e. The number of halogens is 1. The van der Waals surface area contributed by atoms with E-state index >= 15 is 0 Å². The number of aryl methyl sites for hydroxylation is 1. The molecular weight excluding hydrogens is 554 g/mol. The Hall–Kier alpha value is -3.26. The standard InChI is InChI=1S/C33H48ClN3O5/c1-8-9-10-11-14-20-37(31(40)26(21-22(2)3)35-32(41)42-33(5,6)7)29(24-17-12-13-19-27(24)38)30(39)36-28-23(4)16-15-18-25(28)34/h12-13,15-19,22,26,29,38H,8-11,14,20-21H2,1-7H3,(H,35,41)(H,36,39). The number of rotatable bonds is 14. The highest BCUT2D eigenvalue weighted by Gasteiger charge is 2.37. The Morgan fingerprint density at radius 3 is 2.26 bits per heavy atom. The molecule has 0 saturated heterocycles. The van der Waals surface area contributed by atoms with Crippen molar-refractivity contribution in [2.45, 2.75) is 105 Å². The number of nitrogens with one attached hydrogen (secondary N) is 2. The molecule has 232 valence electrons. The first-order valence-electron chi connectivity index (χ1n) is 14.9. The van der Waals surface area contributed by atoms with Gasteiger partial charge in [0.1, 0.15) is 23.4 Å². The number of alkyl carbamates (subject to hydrolysis) is 1. The number of carbonyl (C=O) groups is 3. The summed E-state index contributed by atoms with van der Waals surface area (Å²) >= 11 is 6.44. The van der Waals surface area contributed by atoms with Crippen molar-refractivity contribution in [3.63, 3.8) is 0 Å².